The molecule has 4 nitrogen and oxygen atoms in total. The van der Waals surface area contributed by atoms with Crippen LogP contribution in [0, 0.1) is 0 Å². The largest absolute Gasteiger partial charge is 0.383 e. The van der Waals surface area contributed by atoms with Crippen molar-refractivity contribution in [1.82, 2.24) is 9.78 Å². The smallest absolute Gasteiger partial charge is 0.0661 e. The Morgan fingerprint density at radius 3 is 2.71 bits per heavy atom. The van der Waals surface area contributed by atoms with Crippen LogP contribution in [0.15, 0.2) is 42.7 Å². The zero-order valence-corrected chi connectivity index (χ0v) is 10.1. The van der Waals surface area contributed by atoms with Crippen molar-refractivity contribution in [3.05, 3.63) is 42.7 Å². The van der Waals surface area contributed by atoms with Crippen molar-refractivity contribution < 1.29 is 4.74 Å². The van der Waals surface area contributed by atoms with Gasteiger partial charge in [0.25, 0.3) is 0 Å². The number of nitrogens with zero attached hydrogens (tertiary/aromatic N) is 2. The average molecular weight is 231 g/mol. The molecule has 2 aromatic rings. The van der Waals surface area contributed by atoms with Gasteiger partial charge in [0.2, 0.25) is 0 Å². The molecule has 90 valence electrons. The van der Waals surface area contributed by atoms with Crippen molar-refractivity contribution in [3.8, 4) is 5.69 Å². The molecule has 0 saturated heterocycles. The van der Waals surface area contributed by atoms with Crippen LogP contribution in [0.2, 0.25) is 0 Å². The highest BCUT2D eigenvalue weighted by Gasteiger charge is 2.01. The molecule has 17 heavy (non-hydrogen) atoms. The third kappa shape index (κ3) is 3.07. The highest BCUT2D eigenvalue weighted by Crippen LogP contribution is 2.13. The lowest BCUT2D eigenvalue weighted by Crippen LogP contribution is -2.20. The van der Waals surface area contributed by atoms with Gasteiger partial charge >= 0.3 is 0 Å². The van der Waals surface area contributed by atoms with E-state index in [1.807, 2.05) is 41.2 Å². The summed E-state index contributed by atoms with van der Waals surface area (Å²) in [5.41, 5.74) is 2.14. The fourth-order valence-electron chi connectivity index (χ4n) is 1.71. The predicted octanol–water partition coefficient (Wildman–Crippen LogP) is 2.32. The van der Waals surface area contributed by atoms with Gasteiger partial charge in [-0.25, -0.2) is 4.68 Å². The molecule has 1 atom stereocenters. The van der Waals surface area contributed by atoms with Crippen molar-refractivity contribution in [2.75, 3.05) is 19.0 Å². The molecule has 0 saturated carbocycles. The van der Waals surface area contributed by atoms with E-state index in [9.17, 15) is 0 Å². The molecular formula is C13H17N3O. The fourth-order valence-corrected chi connectivity index (χ4v) is 1.71. The molecule has 1 unspecified atom stereocenters. The second-order valence-electron chi connectivity index (χ2n) is 4.00. The normalized spacial score (nSPS) is 12.4. The van der Waals surface area contributed by atoms with Crippen molar-refractivity contribution in [2.45, 2.75) is 13.0 Å². The van der Waals surface area contributed by atoms with Gasteiger partial charge in [-0.15, -0.1) is 0 Å². The van der Waals surface area contributed by atoms with Gasteiger partial charge in [-0.05, 0) is 37.3 Å². The minimum atomic E-state index is 0.301. The third-order valence-electron chi connectivity index (χ3n) is 2.47. The first kappa shape index (κ1) is 11.7. The molecule has 1 aromatic heterocycles. The van der Waals surface area contributed by atoms with E-state index < -0.39 is 0 Å². The van der Waals surface area contributed by atoms with Crippen LogP contribution in [-0.4, -0.2) is 29.5 Å². The summed E-state index contributed by atoms with van der Waals surface area (Å²) in [7, 11) is 1.71. The highest BCUT2D eigenvalue weighted by molar-refractivity contribution is 5.48. The molecule has 0 fully saturated rings. The van der Waals surface area contributed by atoms with Gasteiger partial charge in [-0.2, -0.15) is 5.10 Å². The van der Waals surface area contributed by atoms with Gasteiger partial charge in [0, 0.05) is 31.2 Å². The number of anilines is 1. The van der Waals surface area contributed by atoms with E-state index in [1.54, 1.807) is 13.3 Å². The van der Waals surface area contributed by atoms with Gasteiger partial charge in [-0.1, -0.05) is 0 Å². The Hall–Kier alpha value is -1.81. The van der Waals surface area contributed by atoms with Crippen LogP contribution in [0.4, 0.5) is 5.69 Å². The topological polar surface area (TPSA) is 39.1 Å². The Labute approximate surface area is 101 Å². The van der Waals surface area contributed by atoms with Crippen LogP contribution in [0.3, 0.4) is 0 Å². The monoisotopic (exact) mass is 231 g/mol. The summed E-state index contributed by atoms with van der Waals surface area (Å²) in [4.78, 5) is 0. The molecule has 1 heterocycles. The van der Waals surface area contributed by atoms with E-state index in [0.29, 0.717) is 12.6 Å². The van der Waals surface area contributed by atoms with E-state index in [-0.39, 0.29) is 0 Å². The van der Waals surface area contributed by atoms with Gasteiger partial charge < -0.3 is 10.1 Å². The second-order valence-corrected chi connectivity index (χ2v) is 4.00. The standard InChI is InChI=1S/C13H17N3O/c1-11(10-17-2)15-12-4-6-13(7-5-12)16-9-3-8-14-16/h3-9,11,15H,10H2,1-2H3. The first-order valence-corrected chi connectivity index (χ1v) is 5.65. The van der Waals surface area contributed by atoms with Crippen molar-refractivity contribution >= 4 is 5.69 Å². The number of benzene rings is 1. The van der Waals surface area contributed by atoms with E-state index in [4.69, 9.17) is 4.74 Å². The second kappa shape index (κ2) is 5.50. The molecule has 0 bridgehead atoms. The molecule has 0 aliphatic heterocycles. The Morgan fingerprint density at radius 1 is 1.35 bits per heavy atom. The minimum absolute atomic E-state index is 0.301. The van der Waals surface area contributed by atoms with E-state index in [1.165, 1.54) is 0 Å². The van der Waals surface area contributed by atoms with Crippen LogP contribution in [-0.2, 0) is 4.74 Å². The first-order valence-electron chi connectivity index (χ1n) is 5.65. The van der Waals surface area contributed by atoms with Gasteiger partial charge in [0.1, 0.15) is 0 Å². The van der Waals surface area contributed by atoms with Gasteiger partial charge in [-0.3, -0.25) is 0 Å². The summed E-state index contributed by atoms with van der Waals surface area (Å²) in [6.07, 6.45) is 3.70. The van der Waals surface area contributed by atoms with Crippen LogP contribution >= 0.6 is 0 Å². The molecule has 1 N–H and O–H groups in total. The molecule has 1 aromatic carbocycles. The number of methoxy groups -OCH3 is 1. The summed E-state index contributed by atoms with van der Waals surface area (Å²) in [5.74, 6) is 0. The average Bonchev–Trinajstić information content (AvgIpc) is 2.84. The first-order chi connectivity index (χ1) is 8.29. The van der Waals surface area contributed by atoms with Crippen LogP contribution in [0.1, 0.15) is 6.92 Å². The van der Waals surface area contributed by atoms with E-state index in [2.05, 4.69) is 17.3 Å². The summed E-state index contributed by atoms with van der Waals surface area (Å²) in [6, 6.07) is 10.4. The highest BCUT2D eigenvalue weighted by atomic mass is 16.5. The molecule has 2 rings (SSSR count). The van der Waals surface area contributed by atoms with Gasteiger partial charge in [0.05, 0.1) is 12.3 Å². The number of hydrogen-bond donors (Lipinski definition) is 1. The number of aromatic nitrogens is 2. The predicted molar refractivity (Wildman–Crippen MR) is 68.5 cm³/mol. The van der Waals surface area contributed by atoms with Crippen LogP contribution in [0.25, 0.3) is 5.69 Å². The summed E-state index contributed by atoms with van der Waals surface area (Å²) < 4.78 is 6.92. The minimum Gasteiger partial charge on any atom is -0.383 e. The zero-order chi connectivity index (χ0) is 12.1. The molecule has 0 radical (unpaired) electrons. The molecular weight excluding hydrogens is 214 g/mol. The SMILES string of the molecule is COCC(C)Nc1ccc(-n2cccn2)cc1. The van der Waals surface area contributed by atoms with Crippen molar-refractivity contribution in [1.29, 1.82) is 0 Å². The van der Waals surface area contributed by atoms with Crippen molar-refractivity contribution in [3.63, 3.8) is 0 Å². The lowest BCUT2D eigenvalue weighted by Gasteiger charge is -2.14. The summed E-state index contributed by atoms with van der Waals surface area (Å²) in [5, 5.41) is 7.54. The maximum atomic E-state index is 5.08. The maximum absolute atomic E-state index is 5.08. The molecule has 0 amide bonds. The number of ether oxygens (including phenoxy) is 1. The van der Waals surface area contributed by atoms with E-state index in [0.717, 1.165) is 11.4 Å². The lowest BCUT2D eigenvalue weighted by atomic mass is 10.2. The Bertz CT molecular complexity index is 436. The number of hydrogen-bond acceptors (Lipinski definition) is 3. The summed E-state index contributed by atoms with van der Waals surface area (Å²) >= 11 is 0. The lowest BCUT2D eigenvalue weighted by molar-refractivity contribution is 0.190. The van der Waals surface area contributed by atoms with Crippen LogP contribution < -0.4 is 5.32 Å². The number of nitrogens with one attached hydrogen (secondary N) is 1. The Balaban J connectivity index is 2.03. The van der Waals surface area contributed by atoms with Gasteiger partial charge in [0.15, 0.2) is 0 Å². The molecule has 0 aliphatic rings. The van der Waals surface area contributed by atoms with Crippen molar-refractivity contribution in [2.24, 2.45) is 0 Å². The zero-order valence-electron chi connectivity index (χ0n) is 10.1. The van der Waals surface area contributed by atoms with E-state index >= 15 is 0 Å². The Morgan fingerprint density at radius 2 is 2.12 bits per heavy atom. The molecule has 0 spiro atoms. The fraction of sp³-hybridized carbons (Fsp3) is 0.308. The Kier molecular flexibility index (Phi) is 3.77. The third-order valence-corrected chi connectivity index (χ3v) is 2.47. The molecule has 4 heteroatoms. The quantitative estimate of drug-likeness (QED) is 0.858. The molecule has 0 aliphatic carbocycles. The number of rotatable bonds is 5. The van der Waals surface area contributed by atoms with Crippen LogP contribution in [0.5, 0.6) is 0 Å². The summed E-state index contributed by atoms with van der Waals surface area (Å²) in [6.45, 7) is 2.78. The maximum Gasteiger partial charge on any atom is 0.0661 e.